The lowest BCUT2D eigenvalue weighted by molar-refractivity contribution is -0.890. The number of likely N-dealkylation sites (tertiary alicyclic amines) is 1. The molecule has 6 heteroatoms. The van der Waals surface area contributed by atoms with Gasteiger partial charge in [0, 0.05) is 18.9 Å². The largest absolute Gasteiger partial charge is 0.491 e. The lowest BCUT2D eigenvalue weighted by atomic mass is 10.1. The first-order chi connectivity index (χ1) is 14.5. The number of hydrogen-bond acceptors (Lipinski definition) is 5. The number of aryl methyl sites for hydroxylation is 2. The highest BCUT2D eigenvalue weighted by atomic mass is 16.5. The first-order valence-electron chi connectivity index (χ1n) is 10.4. The molecule has 2 heterocycles. The number of rotatable bonds is 7. The van der Waals surface area contributed by atoms with E-state index in [0.29, 0.717) is 29.0 Å². The van der Waals surface area contributed by atoms with Crippen LogP contribution in [0.15, 0.2) is 51.9 Å². The molecule has 1 saturated heterocycles. The fourth-order valence-electron chi connectivity index (χ4n) is 4.03. The van der Waals surface area contributed by atoms with E-state index >= 15 is 0 Å². The van der Waals surface area contributed by atoms with Crippen molar-refractivity contribution >= 4 is 11.0 Å². The van der Waals surface area contributed by atoms with Gasteiger partial charge in [0.1, 0.15) is 42.6 Å². The summed E-state index contributed by atoms with van der Waals surface area (Å²) in [6.45, 7) is 7.10. The van der Waals surface area contributed by atoms with Gasteiger partial charge in [0.2, 0.25) is 11.2 Å². The standard InChI is InChI=1S/C24H27NO5/c1-16-9-17(2)11-20(10-16)30-23-15-29-22-12-19(5-6-21(22)24(23)27)28-14-18(26)13-25-7-3-4-8-25/h5-6,9-12,15,18,26H,3-4,7-8,13-14H2,1-2H3/p+1/t18-/m0/s1. The second-order valence-electron chi connectivity index (χ2n) is 8.14. The van der Waals surface area contributed by atoms with Crippen LogP contribution in [0.2, 0.25) is 0 Å². The molecule has 1 aliphatic heterocycles. The third-order valence-electron chi connectivity index (χ3n) is 5.41. The average Bonchev–Trinajstić information content (AvgIpc) is 3.21. The summed E-state index contributed by atoms with van der Waals surface area (Å²) >= 11 is 0. The van der Waals surface area contributed by atoms with Gasteiger partial charge in [-0.1, -0.05) is 6.07 Å². The summed E-state index contributed by atoms with van der Waals surface area (Å²) in [5, 5.41) is 10.6. The van der Waals surface area contributed by atoms with Crippen LogP contribution in [0.3, 0.4) is 0 Å². The minimum absolute atomic E-state index is 0.144. The Kier molecular flexibility index (Phi) is 6.06. The summed E-state index contributed by atoms with van der Waals surface area (Å²) in [5.74, 6) is 1.31. The van der Waals surface area contributed by atoms with Crippen LogP contribution >= 0.6 is 0 Å². The minimum Gasteiger partial charge on any atom is -0.491 e. The summed E-state index contributed by atoms with van der Waals surface area (Å²) in [5.41, 5.74) is 2.31. The molecule has 2 N–H and O–H groups in total. The molecule has 30 heavy (non-hydrogen) atoms. The van der Waals surface area contributed by atoms with E-state index in [-0.39, 0.29) is 17.8 Å². The van der Waals surface area contributed by atoms with Gasteiger partial charge in [0.05, 0.1) is 18.5 Å². The zero-order chi connectivity index (χ0) is 21.1. The number of benzene rings is 2. The Morgan fingerprint density at radius 3 is 2.53 bits per heavy atom. The Hall–Kier alpha value is -2.83. The smallest absolute Gasteiger partial charge is 0.235 e. The molecule has 0 saturated carbocycles. The average molecular weight is 410 g/mol. The van der Waals surface area contributed by atoms with Crippen molar-refractivity contribution in [2.45, 2.75) is 32.8 Å². The van der Waals surface area contributed by atoms with Gasteiger partial charge in [-0.3, -0.25) is 4.79 Å². The number of ether oxygens (including phenoxy) is 2. The third kappa shape index (κ3) is 4.83. The molecule has 4 rings (SSSR count). The Morgan fingerprint density at radius 1 is 1.07 bits per heavy atom. The molecule has 0 radical (unpaired) electrons. The monoisotopic (exact) mass is 410 g/mol. The van der Waals surface area contributed by atoms with Gasteiger partial charge in [0.15, 0.2) is 0 Å². The molecule has 0 spiro atoms. The Morgan fingerprint density at radius 2 is 1.80 bits per heavy atom. The molecule has 1 aromatic heterocycles. The molecule has 2 aromatic carbocycles. The van der Waals surface area contributed by atoms with Crippen molar-refractivity contribution < 1.29 is 23.9 Å². The molecule has 3 aromatic rings. The quantitative estimate of drug-likeness (QED) is 0.627. The number of aliphatic hydroxyl groups is 1. The molecule has 158 valence electrons. The first-order valence-corrected chi connectivity index (χ1v) is 10.4. The van der Waals surface area contributed by atoms with Crippen LogP contribution in [0.4, 0.5) is 0 Å². The summed E-state index contributed by atoms with van der Waals surface area (Å²) in [6, 6.07) is 10.9. The maximum Gasteiger partial charge on any atom is 0.235 e. The van der Waals surface area contributed by atoms with Crippen molar-refractivity contribution in [3.63, 3.8) is 0 Å². The zero-order valence-electron chi connectivity index (χ0n) is 17.4. The van der Waals surface area contributed by atoms with E-state index in [2.05, 4.69) is 0 Å². The Bertz CT molecular complexity index is 1060. The third-order valence-corrected chi connectivity index (χ3v) is 5.41. The molecule has 1 aliphatic rings. The second-order valence-corrected chi connectivity index (χ2v) is 8.14. The highest BCUT2D eigenvalue weighted by Crippen LogP contribution is 2.25. The van der Waals surface area contributed by atoms with Gasteiger partial charge in [-0.25, -0.2) is 0 Å². The predicted octanol–water partition coefficient (Wildman–Crippen LogP) is 2.62. The van der Waals surface area contributed by atoms with Gasteiger partial charge in [-0.15, -0.1) is 0 Å². The van der Waals surface area contributed by atoms with Crippen LogP contribution in [0.5, 0.6) is 17.2 Å². The van der Waals surface area contributed by atoms with E-state index in [4.69, 9.17) is 13.9 Å². The summed E-state index contributed by atoms with van der Waals surface area (Å²) in [4.78, 5) is 14.2. The number of quaternary nitrogens is 1. The molecule has 0 aliphatic carbocycles. The van der Waals surface area contributed by atoms with Crippen LogP contribution in [0.1, 0.15) is 24.0 Å². The topological polar surface area (TPSA) is 73.3 Å². The normalized spacial score (nSPS) is 15.4. The van der Waals surface area contributed by atoms with E-state index in [1.807, 2.05) is 32.0 Å². The van der Waals surface area contributed by atoms with Crippen molar-refractivity contribution in [1.82, 2.24) is 0 Å². The van der Waals surface area contributed by atoms with E-state index in [1.165, 1.54) is 24.0 Å². The summed E-state index contributed by atoms with van der Waals surface area (Å²) in [7, 11) is 0. The first kappa shape index (κ1) is 20.4. The van der Waals surface area contributed by atoms with Crippen molar-refractivity contribution in [3.8, 4) is 17.2 Å². The van der Waals surface area contributed by atoms with Gasteiger partial charge >= 0.3 is 0 Å². The fraction of sp³-hybridized carbons (Fsp3) is 0.375. The molecule has 6 nitrogen and oxygen atoms in total. The van der Waals surface area contributed by atoms with Crippen molar-refractivity contribution in [2.24, 2.45) is 0 Å². The van der Waals surface area contributed by atoms with E-state index in [0.717, 1.165) is 24.2 Å². The summed E-state index contributed by atoms with van der Waals surface area (Å²) in [6.07, 6.45) is 3.26. The number of nitrogens with one attached hydrogen (secondary N) is 1. The lowest BCUT2D eigenvalue weighted by Crippen LogP contribution is -3.11. The van der Waals surface area contributed by atoms with E-state index in [9.17, 15) is 9.90 Å². The van der Waals surface area contributed by atoms with Crippen LogP contribution in [0.25, 0.3) is 11.0 Å². The SMILES string of the molecule is Cc1cc(C)cc(Oc2coc3cc(OC[C@@H](O)C[NH+]4CCCC4)ccc3c2=O)c1. The van der Waals surface area contributed by atoms with Gasteiger partial charge < -0.3 is 23.9 Å². The second kappa shape index (κ2) is 8.90. The molecular weight excluding hydrogens is 382 g/mol. The molecule has 1 atom stereocenters. The predicted molar refractivity (Wildman–Crippen MR) is 115 cm³/mol. The number of aliphatic hydroxyl groups excluding tert-OH is 1. The Labute approximate surface area is 175 Å². The van der Waals surface area contributed by atoms with E-state index in [1.54, 1.807) is 18.2 Å². The number of hydrogen-bond donors (Lipinski definition) is 2. The van der Waals surface area contributed by atoms with Crippen molar-refractivity contribution in [1.29, 1.82) is 0 Å². The molecule has 0 bridgehead atoms. The molecule has 0 amide bonds. The highest BCUT2D eigenvalue weighted by Gasteiger charge is 2.20. The minimum atomic E-state index is -0.519. The zero-order valence-corrected chi connectivity index (χ0v) is 17.4. The molecule has 1 fully saturated rings. The summed E-state index contributed by atoms with van der Waals surface area (Å²) < 4.78 is 17.1. The van der Waals surface area contributed by atoms with Crippen LogP contribution in [0, 0.1) is 13.8 Å². The van der Waals surface area contributed by atoms with Gasteiger partial charge in [-0.05, 0) is 49.2 Å². The maximum absolute atomic E-state index is 12.8. The van der Waals surface area contributed by atoms with Gasteiger partial charge in [-0.2, -0.15) is 0 Å². The van der Waals surface area contributed by atoms with Crippen LogP contribution in [-0.4, -0.2) is 37.5 Å². The molecule has 0 unspecified atom stereocenters. The maximum atomic E-state index is 12.8. The lowest BCUT2D eigenvalue weighted by Gasteiger charge is -2.17. The molecular formula is C24H28NO5+. The van der Waals surface area contributed by atoms with Crippen LogP contribution < -0.4 is 19.8 Å². The number of fused-ring (bicyclic) bond motifs is 1. The van der Waals surface area contributed by atoms with Gasteiger partial charge in [0.25, 0.3) is 0 Å². The van der Waals surface area contributed by atoms with Crippen molar-refractivity contribution in [3.05, 3.63) is 64.0 Å². The van der Waals surface area contributed by atoms with E-state index < -0.39 is 6.10 Å². The van der Waals surface area contributed by atoms with Crippen LogP contribution in [-0.2, 0) is 0 Å². The Balaban J connectivity index is 1.46. The fourth-order valence-corrected chi connectivity index (χ4v) is 4.03. The van der Waals surface area contributed by atoms with Crippen molar-refractivity contribution in [2.75, 3.05) is 26.2 Å². The highest BCUT2D eigenvalue weighted by molar-refractivity contribution is 5.79.